The van der Waals surface area contributed by atoms with Gasteiger partial charge in [0, 0.05) is 13.6 Å². The van der Waals surface area contributed by atoms with E-state index in [0.717, 1.165) is 17.7 Å². The highest BCUT2D eigenvalue weighted by Gasteiger charge is 2.29. The highest BCUT2D eigenvalue weighted by atomic mass is 127. The maximum atomic E-state index is 12.4. The number of guanidine groups is 1. The van der Waals surface area contributed by atoms with Gasteiger partial charge in [0.15, 0.2) is 5.96 Å². The van der Waals surface area contributed by atoms with Crippen LogP contribution in [0.15, 0.2) is 29.3 Å². The number of halogens is 4. The van der Waals surface area contributed by atoms with Gasteiger partial charge in [0.1, 0.15) is 0 Å². The molecule has 116 valence electrons. The number of nitrogens with one attached hydrogen (secondary N) is 2. The highest BCUT2D eigenvalue weighted by Crippen LogP contribution is 2.29. The molecule has 2 N–H and O–H groups in total. The van der Waals surface area contributed by atoms with Crippen LogP contribution in [0.3, 0.4) is 0 Å². The molecular formula is C14H17F3IN3. The van der Waals surface area contributed by atoms with E-state index in [1.165, 1.54) is 12.1 Å². The van der Waals surface area contributed by atoms with E-state index in [2.05, 4.69) is 21.5 Å². The van der Waals surface area contributed by atoms with E-state index in [-0.39, 0.29) is 24.0 Å². The lowest BCUT2D eigenvalue weighted by Crippen LogP contribution is -2.38. The van der Waals surface area contributed by atoms with E-state index < -0.39 is 11.7 Å². The van der Waals surface area contributed by atoms with Gasteiger partial charge < -0.3 is 10.6 Å². The van der Waals surface area contributed by atoms with E-state index >= 15 is 0 Å². The molecule has 1 rings (SSSR count). The van der Waals surface area contributed by atoms with Crippen molar-refractivity contribution in [1.29, 1.82) is 0 Å². The molecule has 7 heteroatoms. The van der Waals surface area contributed by atoms with Gasteiger partial charge in [-0.25, -0.2) is 0 Å². The number of terminal acetylenes is 1. The summed E-state index contributed by atoms with van der Waals surface area (Å²) in [5, 5.41) is 5.91. The van der Waals surface area contributed by atoms with Crippen molar-refractivity contribution in [1.82, 2.24) is 10.6 Å². The molecule has 0 aliphatic rings. The van der Waals surface area contributed by atoms with Crippen LogP contribution in [0.4, 0.5) is 13.2 Å². The molecule has 0 fully saturated rings. The summed E-state index contributed by atoms with van der Waals surface area (Å²) in [6.45, 7) is 0.912. The Kier molecular flexibility index (Phi) is 8.85. The molecule has 1 aromatic rings. The van der Waals surface area contributed by atoms with Crippen molar-refractivity contribution < 1.29 is 13.2 Å². The van der Waals surface area contributed by atoms with Gasteiger partial charge in [0.25, 0.3) is 0 Å². The van der Waals surface area contributed by atoms with E-state index in [9.17, 15) is 13.2 Å². The molecule has 0 unspecified atom stereocenters. The van der Waals surface area contributed by atoms with Gasteiger partial charge in [0.05, 0.1) is 12.1 Å². The monoisotopic (exact) mass is 411 g/mol. The summed E-state index contributed by atoms with van der Waals surface area (Å²) in [5.41, 5.74) is 0.179. The summed E-state index contributed by atoms with van der Waals surface area (Å²) in [5.74, 6) is 2.99. The highest BCUT2D eigenvalue weighted by molar-refractivity contribution is 14.0. The zero-order valence-corrected chi connectivity index (χ0v) is 13.8. The molecule has 0 spiro atoms. The Morgan fingerprint density at radius 1 is 1.24 bits per heavy atom. The number of hydrogen-bond acceptors (Lipinski definition) is 1. The van der Waals surface area contributed by atoms with Gasteiger partial charge >= 0.3 is 6.18 Å². The number of rotatable bonds is 4. The van der Waals surface area contributed by atoms with Crippen molar-refractivity contribution in [2.24, 2.45) is 4.99 Å². The summed E-state index contributed by atoms with van der Waals surface area (Å²) >= 11 is 0. The number of nitrogens with zero attached hydrogens (tertiary/aromatic N) is 1. The molecule has 0 saturated carbocycles. The van der Waals surface area contributed by atoms with Crippen molar-refractivity contribution >= 4 is 29.9 Å². The van der Waals surface area contributed by atoms with Crippen LogP contribution in [0.25, 0.3) is 0 Å². The Labute approximate surface area is 139 Å². The van der Waals surface area contributed by atoms with Crippen molar-refractivity contribution in [2.75, 3.05) is 20.1 Å². The molecule has 21 heavy (non-hydrogen) atoms. The van der Waals surface area contributed by atoms with Crippen LogP contribution in [0.5, 0.6) is 0 Å². The summed E-state index contributed by atoms with van der Waals surface area (Å²) in [6, 6.07) is 5.12. The largest absolute Gasteiger partial charge is 0.416 e. The third-order valence-corrected chi connectivity index (χ3v) is 2.57. The molecule has 0 amide bonds. The fraction of sp³-hybridized carbons (Fsp3) is 0.357. The van der Waals surface area contributed by atoms with E-state index in [1.54, 1.807) is 7.05 Å². The van der Waals surface area contributed by atoms with E-state index in [4.69, 9.17) is 6.42 Å². The van der Waals surface area contributed by atoms with E-state index in [1.807, 2.05) is 0 Å². The van der Waals surface area contributed by atoms with Gasteiger partial charge in [0.2, 0.25) is 0 Å². The summed E-state index contributed by atoms with van der Waals surface area (Å²) in [6.07, 6.45) is 1.41. The third-order valence-electron chi connectivity index (χ3n) is 2.57. The lowest BCUT2D eigenvalue weighted by Gasteiger charge is -2.10. The first-order valence-corrected chi connectivity index (χ1v) is 6.01. The summed E-state index contributed by atoms with van der Waals surface area (Å²) in [7, 11) is 1.62. The molecule has 0 aliphatic carbocycles. The minimum absolute atomic E-state index is 0. The molecule has 0 aromatic heterocycles. The average Bonchev–Trinajstić information content (AvgIpc) is 2.42. The Hall–Kier alpha value is -1.43. The van der Waals surface area contributed by atoms with Crippen LogP contribution in [0.2, 0.25) is 0 Å². The Morgan fingerprint density at radius 2 is 1.86 bits per heavy atom. The molecule has 1 aromatic carbocycles. The molecule has 0 heterocycles. The standard InChI is InChI=1S/C14H16F3N3.HI/c1-3-9-19-13(18-2)20-10-8-11-4-6-12(7-5-11)14(15,16)17;/h1,4-7H,8-10H2,2H3,(H2,18,19,20);1H. The molecule has 0 radical (unpaired) electrons. The van der Waals surface area contributed by atoms with Crippen LogP contribution >= 0.6 is 24.0 Å². The first-order chi connectivity index (χ1) is 9.47. The van der Waals surface area contributed by atoms with Gasteiger partial charge in [-0.05, 0) is 24.1 Å². The van der Waals surface area contributed by atoms with Crippen LogP contribution < -0.4 is 10.6 Å². The molecular weight excluding hydrogens is 394 g/mol. The van der Waals surface area contributed by atoms with Gasteiger partial charge in [-0.2, -0.15) is 13.2 Å². The van der Waals surface area contributed by atoms with Gasteiger partial charge in [-0.15, -0.1) is 30.4 Å². The lowest BCUT2D eigenvalue weighted by atomic mass is 10.1. The van der Waals surface area contributed by atoms with Crippen molar-refractivity contribution in [3.8, 4) is 12.3 Å². The smallest absolute Gasteiger partial charge is 0.356 e. The molecule has 3 nitrogen and oxygen atoms in total. The number of aliphatic imine (C=N–C) groups is 1. The second-order valence-electron chi connectivity index (χ2n) is 4.00. The predicted octanol–water partition coefficient (Wildman–Crippen LogP) is 2.66. The summed E-state index contributed by atoms with van der Waals surface area (Å²) in [4.78, 5) is 3.95. The van der Waals surface area contributed by atoms with Crippen LogP contribution in [0, 0.1) is 12.3 Å². The zero-order chi connectivity index (χ0) is 15.0. The Balaban J connectivity index is 0.00000400. The lowest BCUT2D eigenvalue weighted by molar-refractivity contribution is -0.137. The van der Waals surface area contributed by atoms with Crippen molar-refractivity contribution in [3.63, 3.8) is 0 Å². The fourth-order valence-electron chi connectivity index (χ4n) is 1.54. The minimum Gasteiger partial charge on any atom is -0.356 e. The fourth-order valence-corrected chi connectivity index (χ4v) is 1.54. The minimum atomic E-state index is -4.29. The van der Waals surface area contributed by atoms with Crippen LogP contribution in [-0.4, -0.2) is 26.1 Å². The number of benzene rings is 1. The molecule has 0 aliphatic heterocycles. The topological polar surface area (TPSA) is 36.4 Å². The Morgan fingerprint density at radius 3 is 2.33 bits per heavy atom. The average molecular weight is 411 g/mol. The number of hydrogen-bond donors (Lipinski definition) is 2. The predicted molar refractivity (Wildman–Crippen MR) is 88.8 cm³/mol. The second-order valence-corrected chi connectivity index (χ2v) is 4.00. The third kappa shape index (κ3) is 7.22. The van der Waals surface area contributed by atoms with Crippen LogP contribution in [0.1, 0.15) is 11.1 Å². The van der Waals surface area contributed by atoms with Crippen LogP contribution in [-0.2, 0) is 12.6 Å². The zero-order valence-electron chi connectivity index (χ0n) is 11.5. The van der Waals surface area contributed by atoms with Gasteiger partial charge in [-0.3, -0.25) is 4.99 Å². The number of alkyl halides is 3. The van der Waals surface area contributed by atoms with Crippen molar-refractivity contribution in [2.45, 2.75) is 12.6 Å². The first-order valence-electron chi connectivity index (χ1n) is 6.01. The molecule has 0 atom stereocenters. The van der Waals surface area contributed by atoms with Gasteiger partial charge in [-0.1, -0.05) is 18.1 Å². The van der Waals surface area contributed by atoms with Crippen molar-refractivity contribution in [3.05, 3.63) is 35.4 Å². The quantitative estimate of drug-likeness (QED) is 0.346. The van der Waals surface area contributed by atoms with E-state index in [0.29, 0.717) is 25.5 Å². The Bertz CT molecular complexity index is 490. The first kappa shape index (κ1) is 19.6. The SMILES string of the molecule is C#CCNC(=NC)NCCc1ccc(C(F)(F)F)cc1.I. The molecule has 0 saturated heterocycles. The second kappa shape index (κ2) is 9.50. The maximum Gasteiger partial charge on any atom is 0.416 e. The normalized spacial score (nSPS) is 11.3. The molecule has 0 bridgehead atoms. The maximum absolute atomic E-state index is 12.4. The summed E-state index contributed by atoms with van der Waals surface area (Å²) < 4.78 is 37.2.